The van der Waals surface area contributed by atoms with Crippen LogP contribution >= 0.6 is 11.8 Å². The Balaban J connectivity index is 1.46. The number of nitrogens with zero attached hydrogens (tertiary/aromatic N) is 2. The van der Waals surface area contributed by atoms with Crippen LogP contribution in [0.1, 0.15) is 5.69 Å². The summed E-state index contributed by atoms with van der Waals surface area (Å²) in [6.07, 6.45) is 3.19. The van der Waals surface area contributed by atoms with Crippen LogP contribution in [-0.2, 0) is 10.5 Å². The number of hydrogen-bond acceptors (Lipinski definition) is 6. The Labute approximate surface area is 149 Å². The Bertz CT molecular complexity index is 819. The van der Waals surface area contributed by atoms with Crippen molar-refractivity contribution in [1.29, 1.82) is 0 Å². The lowest BCUT2D eigenvalue weighted by Crippen LogP contribution is -2.14. The summed E-state index contributed by atoms with van der Waals surface area (Å²) in [5, 5.41) is 2.79. The van der Waals surface area contributed by atoms with E-state index >= 15 is 0 Å². The minimum Gasteiger partial charge on any atom is -0.481 e. The van der Waals surface area contributed by atoms with E-state index in [0.717, 1.165) is 11.3 Å². The van der Waals surface area contributed by atoms with E-state index in [-0.39, 0.29) is 5.91 Å². The fraction of sp³-hybridized carbons (Fsp3) is 0.167. The van der Waals surface area contributed by atoms with Crippen LogP contribution in [0.5, 0.6) is 5.88 Å². The number of hydrogen-bond donors (Lipinski definition) is 1. The number of nitrogens with one attached hydrogen (secondary N) is 1. The molecule has 128 valence electrons. The number of carbonyl (C=O) groups is 1. The smallest absolute Gasteiger partial charge is 0.234 e. The van der Waals surface area contributed by atoms with Crippen molar-refractivity contribution in [3.05, 3.63) is 60.6 Å². The number of benzene rings is 1. The van der Waals surface area contributed by atoms with Gasteiger partial charge >= 0.3 is 0 Å². The van der Waals surface area contributed by atoms with Crippen LogP contribution in [0.25, 0.3) is 11.5 Å². The van der Waals surface area contributed by atoms with Gasteiger partial charge in [-0.05, 0) is 18.2 Å². The number of anilines is 1. The highest BCUT2D eigenvalue weighted by atomic mass is 32.2. The summed E-state index contributed by atoms with van der Waals surface area (Å²) in [5.74, 6) is 1.92. The second-order valence-electron chi connectivity index (χ2n) is 5.14. The Kier molecular flexibility index (Phi) is 5.69. The summed E-state index contributed by atoms with van der Waals surface area (Å²) in [6, 6.07) is 13.2. The molecule has 0 unspecified atom stereocenters. The third kappa shape index (κ3) is 4.84. The van der Waals surface area contributed by atoms with E-state index in [4.69, 9.17) is 9.15 Å². The zero-order chi connectivity index (χ0) is 17.5. The molecule has 2 heterocycles. The molecule has 0 spiro atoms. The van der Waals surface area contributed by atoms with Crippen LogP contribution in [-0.4, -0.2) is 28.7 Å². The molecule has 0 bridgehead atoms. The predicted molar refractivity (Wildman–Crippen MR) is 97.5 cm³/mol. The normalized spacial score (nSPS) is 10.4. The number of thioether (sulfide) groups is 1. The lowest BCUT2D eigenvalue weighted by atomic mass is 10.2. The van der Waals surface area contributed by atoms with Crippen LogP contribution < -0.4 is 10.1 Å². The molecule has 0 saturated carbocycles. The molecule has 25 heavy (non-hydrogen) atoms. The number of rotatable bonds is 7. The first kappa shape index (κ1) is 17.0. The maximum atomic E-state index is 11.9. The quantitative estimate of drug-likeness (QED) is 0.697. The highest BCUT2D eigenvalue weighted by Crippen LogP contribution is 2.20. The van der Waals surface area contributed by atoms with Gasteiger partial charge in [-0.1, -0.05) is 18.2 Å². The van der Waals surface area contributed by atoms with E-state index in [2.05, 4.69) is 15.3 Å². The molecule has 7 heteroatoms. The Morgan fingerprint density at radius 1 is 1.24 bits per heavy atom. The van der Waals surface area contributed by atoms with Crippen molar-refractivity contribution in [3.63, 3.8) is 0 Å². The van der Waals surface area contributed by atoms with Crippen molar-refractivity contribution < 1.29 is 13.9 Å². The minimum atomic E-state index is -0.0938. The predicted octanol–water partition coefficient (Wildman–Crippen LogP) is 3.62. The maximum Gasteiger partial charge on any atom is 0.234 e. The van der Waals surface area contributed by atoms with Crippen LogP contribution in [0.4, 0.5) is 5.69 Å². The number of ether oxygens (including phenoxy) is 1. The van der Waals surface area contributed by atoms with Gasteiger partial charge in [0.2, 0.25) is 17.7 Å². The van der Waals surface area contributed by atoms with Gasteiger partial charge in [-0.3, -0.25) is 4.79 Å². The van der Waals surface area contributed by atoms with Crippen LogP contribution in [0.3, 0.4) is 0 Å². The summed E-state index contributed by atoms with van der Waals surface area (Å²) in [5.41, 5.74) is 2.38. The number of methoxy groups -OCH3 is 1. The molecule has 0 atom stereocenters. The molecule has 0 radical (unpaired) electrons. The highest BCUT2D eigenvalue weighted by Gasteiger charge is 2.08. The molecule has 2 aromatic heterocycles. The third-order valence-electron chi connectivity index (χ3n) is 3.28. The molecule has 0 aliphatic rings. The number of aromatic nitrogens is 2. The molecule has 0 fully saturated rings. The van der Waals surface area contributed by atoms with Gasteiger partial charge in [-0.15, -0.1) is 11.8 Å². The van der Waals surface area contributed by atoms with Crippen molar-refractivity contribution in [2.24, 2.45) is 0 Å². The van der Waals surface area contributed by atoms with Gasteiger partial charge in [0.25, 0.3) is 0 Å². The van der Waals surface area contributed by atoms with Gasteiger partial charge < -0.3 is 14.5 Å². The first-order valence-corrected chi connectivity index (χ1v) is 8.77. The highest BCUT2D eigenvalue weighted by molar-refractivity contribution is 7.99. The standard InChI is InChI=1S/C18H17N3O3S/c1-23-17-8-7-14(9-19-17)20-16(22)12-25-11-15-10-24-18(21-15)13-5-3-2-4-6-13/h2-10H,11-12H2,1H3,(H,20,22). The Morgan fingerprint density at radius 2 is 2.08 bits per heavy atom. The maximum absolute atomic E-state index is 11.9. The average Bonchev–Trinajstić information content (AvgIpc) is 3.12. The average molecular weight is 355 g/mol. The van der Waals surface area contributed by atoms with Crippen molar-refractivity contribution in [1.82, 2.24) is 9.97 Å². The summed E-state index contributed by atoms with van der Waals surface area (Å²) >= 11 is 1.47. The van der Waals surface area contributed by atoms with E-state index in [0.29, 0.717) is 29.0 Å². The lowest BCUT2D eigenvalue weighted by molar-refractivity contribution is -0.113. The molecular formula is C18H17N3O3S. The molecule has 1 amide bonds. The molecule has 0 aliphatic carbocycles. The lowest BCUT2D eigenvalue weighted by Gasteiger charge is -2.05. The molecule has 1 aromatic carbocycles. The van der Waals surface area contributed by atoms with Crippen molar-refractivity contribution in [2.75, 3.05) is 18.2 Å². The number of oxazole rings is 1. The Hall–Kier alpha value is -2.80. The third-order valence-corrected chi connectivity index (χ3v) is 4.25. The minimum absolute atomic E-state index is 0.0938. The van der Waals surface area contributed by atoms with E-state index in [9.17, 15) is 4.79 Å². The molecule has 3 rings (SSSR count). The topological polar surface area (TPSA) is 77.2 Å². The van der Waals surface area contributed by atoms with Crippen molar-refractivity contribution in [3.8, 4) is 17.3 Å². The second kappa shape index (κ2) is 8.34. The van der Waals surface area contributed by atoms with E-state index in [1.165, 1.54) is 11.8 Å². The second-order valence-corrected chi connectivity index (χ2v) is 6.13. The Morgan fingerprint density at radius 3 is 2.80 bits per heavy atom. The summed E-state index contributed by atoms with van der Waals surface area (Å²) in [6.45, 7) is 0. The van der Waals surface area contributed by atoms with Crippen LogP contribution in [0.2, 0.25) is 0 Å². The molecule has 6 nitrogen and oxygen atoms in total. The largest absolute Gasteiger partial charge is 0.481 e. The van der Waals surface area contributed by atoms with E-state index in [1.807, 2.05) is 30.3 Å². The first-order chi connectivity index (χ1) is 12.2. The molecule has 3 aromatic rings. The number of carbonyl (C=O) groups excluding carboxylic acids is 1. The van der Waals surface area contributed by atoms with E-state index < -0.39 is 0 Å². The fourth-order valence-corrected chi connectivity index (χ4v) is 2.81. The zero-order valence-electron chi connectivity index (χ0n) is 13.6. The zero-order valence-corrected chi connectivity index (χ0v) is 14.5. The molecular weight excluding hydrogens is 338 g/mol. The van der Waals surface area contributed by atoms with Gasteiger partial charge in [0.05, 0.1) is 30.4 Å². The van der Waals surface area contributed by atoms with Gasteiger partial charge in [0, 0.05) is 17.4 Å². The van der Waals surface area contributed by atoms with Gasteiger partial charge in [-0.25, -0.2) is 9.97 Å². The molecule has 1 N–H and O–H groups in total. The fourth-order valence-electron chi connectivity index (χ4n) is 2.11. The molecule has 0 aliphatic heterocycles. The molecule has 0 saturated heterocycles. The number of amides is 1. The monoisotopic (exact) mass is 355 g/mol. The van der Waals surface area contributed by atoms with Gasteiger partial charge in [0.1, 0.15) is 6.26 Å². The van der Waals surface area contributed by atoms with Crippen LogP contribution in [0, 0.1) is 0 Å². The SMILES string of the molecule is COc1ccc(NC(=O)CSCc2coc(-c3ccccc3)n2)cn1. The van der Waals surface area contributed by atoms with Gasteiger partial charge in [-0.2, -0.15) is 0 Å². The number of pyridine rings is 1. The van der Waals surface area contributed by atoms with Crippen molar-refractivity contribution >= 4 is 23.4 Å². The van der Waals surface area contributed by atoms with Gasteiger partial charge in [0.15, 0.2) is 0 Å². The first-order valence-electron chi connectivity index (χ1n) is 7.62. The summed E-state index contributed by atoms with van der Waals surface area (Å²) in [7, 11) is 1.55. The van der Waals surface area contributed by atoms with Crippen LogP contribution in [0.15, 0.2) is 59.3 Å². The van der Waals surface area contributed by atoms with E-state index in [1.54, 1.807) is 31.7 Å². The summed E-state index contributed by atoms with van der Waals surface area (Å²) in [4.78, 5) is 20.4. The van der Waals surface area contributed by atoms with Crippen molar-refractivity contribution in [2.45, 2.75) is 5.75 Å². The summed E-state index contributed by atoms with van der Waals surface area (Å²) < 4.78 is 10.5.